The maximum atomic E-state index is 11.7. The van der Waals surface area contributed by atoms with Crippen molar-refractivity contribution in [2.24, 2.45) is 0 Å². The third kappa shape index (κ3) is 3.82. The Labute approximate surface area is 108 Å². The van der Waals surface area contributed by atoms with E-state index in [4.69, 9.17) is 9.84 Å². The first-order valence-corrected chi connectivity index (χ1v) is 6.11. The number of nitrogens with zero attached hydrogens (tertiary/aromatic N) is 1. The van der Waals surface area contributed by atoms with Crippen molar-refractivity contribution in [3.05, 3.63) is 35.4 Å². The minimum absolute atomic E-state index is 0.110. The Hall–Kier alpha value is -1.39. The van der Waals surface area contributed by atoms with Gasteiger partial charge in [-0.05, 0) is 25.5 Å². The zero-order chi connectivity index (χ0) is 13.5. The Kier molecular flexibility index (Phi) is 5.82. The molecule has 0 atom stereocenters. The predicted molar refractivity (Wildman–Crippen MR) is 70.4 cm³/mol. The summed E-state index contributed by atoms with van der Waals surface area (Å²) in [6.07, 6.45) is 0. The molecule has 100 valence electrons. The van der Waals surface area contributed by atoms with E-state index in [1.165, 1.54) is 7.11 Å². The Morgan fingerprint density at radius 2 is 2.06 bits per heavy atom. The molecule has 18 heavy (non-hydrogen) atoms. The average Bonchev–Trinajstić information content (AvgIpc) is 2.37. The molecule has 0 aromatic heterocycles. The van der Waals surface area contributed by atoms with E-state index in [1.807, 2.05) is 18.2 Å². The van der Waals surface area contributed by atoms with Crippen LogP contribution in [-0.2, 0) is 11.3 Å². The molecule has 0 saturated carbocycles. The molecule has 0 fully saturated rings. The molecule has 0 aliphatic carbocycles. The number of carbonyl (C=O) groups excluding carboxylic acids is 1. The second kappa shape index (κ2) is 7.13. The highest BCUT2D eigenvalue weighted by molar-refractivity contribution is 5.90. The van der Waals surface area contributed by atoms with E-state index in [0.717, 1.165) is 5.56 Å². The molecule has 4 nitrogen and oxygen atoms in total. The molecule has 0 unspecified atom stereocenters. The summed E-state index contributed by atoms with van der Waals surface area (Å²) in [7, 11) is 1.38. The van der Waals surface area contributed by atoms with Crippen LogP contribution < -0.4 is 0 Å². The molecule has 1 N–H and O–H groups in total. The van der Waals surface area contributed by atoms with E-state index in [-0.39, 0.29) is 12.6 Å². The minimum Gasteiger partial charge on any atom is -0.465 e. The topological polar surface area (TPSA) is 49.8 Å². The molecule has 0 amide bonds. The number of aliphatic hydroxyl groups is 1. The van der Waals surface area contributed by atoms with E-state index in [1.54, 1.807) is 6.07 Å². The Bertz CT molecular complexity index is 390. The third-order valence-electron chi connectivity index (χ3n) is 2.91. The molecule has 0 heterocycles. The van der Waals surface area contributed by atoms with Crippen LogP contribution in [0.4, 0.5) is 0 Å². The van der Waals surface area contributed by atoms with Crippen LogP contribution in [0.3, 0.4) is 0 Å². The number of benzene rings is 1. The van der Waals surface area contributed by atoms with Gasteiger partial charge in [0.15, 0.2) is 0 Å². The lowest BCUT2D eigenvalue weighted by Gasteiger charge is -2.26. The molecule has 1 rings (SSSR count). The monoisotopic (exact) mass is 251 g/mol. The lowest BCUT2D eigenvalue weighted by Crippen LogP contribution is -2.33. The number of esters is 1. The second-order valence-corrected chi connectivity index (χ2v) is 4.44. The maximum Gasteiger partial charge on any atom is 0.338 e. The molecule has 1 aromatic carbocycles. The number of rotatable bonds is 6. The summed E-state index contributed by atoms with van der Waals surface area (Å²) in [5.74, 6) is -0.321. The number of carbonyl (C=O) groups is 1. The second-order valence-electron chi connectivity index (χ2n) is 4.44. The Morgan fingerprint density at radius 3 is 2.61 bits per heavy atom. The quantitative estimate of drug-likeness (QED) is 0.781. The summed E-state index contributed by atoms with van der Waals surface area (Å²) in [4.78, 5) is 13.8. The van der Waals surface area contributed by atoms with Gasteiger partial charge in [0.1, 0.15) is 0 Å². The normalized spacial score (nSPS) is 11.0. The molecule has 0 aliphatic heterocycles. The van der Waals surface area contributed by atoms with Crippen LogP contribution in [0.5, 0.6) is 0 Å². The summed E-state index contributed by atoms with van der Waals surface area (Å²) in [5, 5.41) is 9.05. The molecule has 0 spiro atoms. The van der Waals surface area contributed by atoms with E-state index >= 15 is 0 Å². The largest absolute Gasteiger partial charge is 0.465 e. The van der Waals surface area contributed by atoms with Crippen molar-refractivity contribution in [3.8, 4) is 0 Å². The summed E-state index contributed by atoms with van der Waals surface area (Å²) in [5.41, 5.74) is 1.51. The van der Waals surface area contributed by atoms with Gasteiger partial charge >= 0.3 is 5.97 Å². The van der Waals surface area contributed by atoms with Gasteiger partial charge in [0.2, 0.25) is 0 Å². The van der Waals surface area contributed by atoms with E-state index in [9.17, 15) is 4.79 Å². The van der Waals surface area contributed by atoms with Crippen molar-refractivity contribution in [1.29, 1.82) is 0 Å². The molecule has 4 heteroatoms. The van der Waals surface area contributed by atoms with Gasteiger partial charge in [0, 0.05) is 19.1 Å². The molecule has 0 saturated heterocycles. The van der Waals surface area contributed by atoms with Gasteiger partial charge in [0.05, 0.1) is 19.3 Å². The lowest BCUT2D eigenvalue weighted by molar-refractivity contribution is 0.0597. The van der Waals surface area contributed by atoms with Gasteiger partial charge in [-0.2, -0.15) is 0 Å². The molecule has 0 radical (unpaired) electrons. The smallest absolute Gasteiger partial charge is 0.338 e. The van der Waals surface area contributed by atoms with Gasteiger partial charge in [-0.1, -0.05) is 18.2 Å². The van der Waals surface area contributed by atoms with Crippen molar-refractivity contribution in [2.45, 2.75) is 26.4 Å². The van der Waals surface area contributed by atoms with Crippen molar-refractivity contribution in [2.75, 3.05) is 20.3 Å². The summed E-state index contributed by atoms with van der Waals surface area (Å²) in [6, 6.07) is 7.71. The number of methoxy groups -OCH3 is 1. The number of aliphatic hydroxyl groups excluding tert-OH is 1. The SMILES string of the molecule is COC(=O)c1ccccc1CN(CCO)C(C)C. The first-order chi connectivity index (χ1) is 8.60. The summed E-state index contributed by atoms with van der Waals surface area (Å²) < 4.78 is 4.77. The Balaban J connectivity index is 2.91. The fourth-order valence-electron chi connectivity index (χ4n) is 1.83. The van der Waals surface area contributed by atoms with Gasteiger partial charge < -0.3 is 9.84 Å². The lowest BCUT2D eigenvalue weighted by atomic mass is 10.1. The van der Waals surface area contributed by atoms with Crippen LogP contribution in [0, 0.1) is 0 Å². The van der Waals surface area contributed by atoms with Crippen molar-refractivity contribution >= 4 is 5.97 Å². The van der Waals surface area contributed by atoms with Gasteiger partial charge in [-0.15, -0.1) is 0 Å². The fourth-order valence-corrected chi connectivity index (χ4v) is 1.83. The molecule has 0 bridgehead atoms. The zero-order valence-electron chi connectivity index (χ0n) is 11.2. The number of hydrogen-bond acceptors (Lipinski definition) is 4. The summed E-state index contributed by atoms with van der Waals surface area (Å²) in [6.45, 7) is 5.46. The molecule has 0 aliphatic rings. The number of hydrogen-bond donors (Lipinski definition) is 1. The van der Waals surface area contributed by atoms with Crippen LogP contribution in [-0.4, -0.2) is 42.3 Å². The van der Waals surface area contributed by atoms with Crippen molar-refractivity contribution in [3.63, 3.8) is 0 Å². The van der Waals surface area contributed by atoms with E-state index < -0.39 is 0 Å². The Morgan fingerprint density at radius 1 is 1.39 bits per heavy atom. The summed E-state index contributed by atoms with van der Waals surface area (Å²) >= 11 is 0. The minimum atomic E-state index is -0.321. The zero-order valence-corrected chi connectivity index (χ0v) is 11.2. The van der Waals surface area contributed by atoms with Gasteiger partial charge in [0.25, 0.3) is 0 Å². The van der Waals surface area contributed by atoms with Crippen molar-refractivity contribution < 1.29 is 14.6 Å². The van der Waals surface area contributed by atoms with Gasteiger partial charge in [-0.3, -0.25) is 4.90 Å². The predicted octanol–water partition coefficient (Wildman–Crippen LogP) is 1.68. The highest BCUT2D eigenvalue weighted by Crippen LogP contribution is 2.14. The maximum absolute atomic E-state index is 11.7. The molecular formula is C14H21NO3. The van der Waals surface area contributed by atoms with E-state index in [2.05, 4.69) is 18.7 Å². The fraction of sp³-hybridized carbons (Fsp3) is 0.500. The highest BCUT2D eigenvalue weighted by Gasteiger charge is 2.15. The van der Waals surface area contributed by atoms with Crippen LogP contribution in [0.25, 0.3) is 0 Å². The van der Waals surface area contributed by atoms with Crippen LogP contribution >= 0.6 is 0 Å². The average molecular weight is 251 g/mol. The first kappa shape index (κ1) is 14.7. The van der Waals surface area contributed by atoms with E-state index in [0.29, 0.717) is 24.7 Å². The van der Waals surface area contributed by atoms with Crippen LogP contribution in [0.15, 0.2) is 24.3 Å². The third-order valence-corrected chi connectivity index (χ3v) is 2.91. The molecular weight excluding hydrogens is 230 g/mol. The van der Waals surface area contributed by atoms with Crippen LogP contribution in [0.1, 0.15) is 29.8 Å². The van der Waals surface area contributed by atoms with Crippen LogP contribution in [0.2, 0.25) is 0 Å². The molecule has 1 aromatic rings. The van der Waals surface area contributed by atoms with Crippen molar-refractivity contribution in [1.82, 2.24) is 4.90 Å². The number of ether oxygens (including phenoxy) is 1. The highest BCUT2D eigenvalue weighted by atomic mass is 16.5. The standard InChI is InChI=1S/C14H21NO3/c1-11(2)15(8-9-16)10-12-6-4-5-7-13(12)14(17)18-3/h4-7,11,16H,8-10H2,1-3H3. The van der Waals surface area contributed by atoms with Gasteiger partial charge in [-0.25, -0.2) is 4.79 Å². The first-order valence-electron chi connectivity index (χ1n) is 6.11.